The Labute approximate surface area is 126 Å². The van der Waals surface area contributed by atoms with Gasteiger partial charge in [-0.3, -0.25) is 0 Å². The van der Waals surface area contributed by atoms with Gasteiger partial charge in [-0.25, -0.2) is 0 Å². The normalized spacial score (nSPS) is 29.9. The molecule has 0 heterocycles. The summed E-state index contributed by atoms with van der Waals surface area (Å²) in [7, 11) is 0. The maximum absolute atomic E-state index is 3.76. The van der Waals surface area contributed by atoms with Gasteiger partial charge in [0.15, 0.2) is 0 Å². The zero-order chi connectivity index (χ0) is 14.6. The summed E-state index contributed by atoms with van der Waals surface area (Å²) in [4.78, 5) is 2.77. The van der Waals surface area contributed by atoms with Gasteiger partial charge in [0.1, 0.15) is 0 Å². The minimum absolute atomic E-state index is 0.550. The molecule has 2 nitrogen and oxygen atoms in total. The molecule has 118 valence electrons. The van der Waals surface area contributed by atoms with Gasteiger partial charge in [0.05, 0.1) is 0 Å². The van der Waals surface area contributed by atoms with Crippen LogP contribution in [0.15, 0.2) is 0 Å². The molecule has 2 unspecified atom stereocenters. The van der Waals surface area contributed by atoms with Gasteiger partial charge in [0, 0.05) is 19.1 Å². The van der Waals surface area contributed by atoms with Gasteiger partial charge in [0.2, 0.25) is 0 Å². The van der Waals surface area contributed by atoms with Gasteiger partial charge in [0.25, 0.3) is 0 Å². The number of hydrogen-bond acceptors (Lipinski definition) is 2. The zero-order valence-electron chi connectivity index (χ0n) is 14.3. The highest BCUT2D eigenvalue weighted by Crippen LogP contribution is 2.39. The van der Waals surface area contributed by atoms with Crippen molar-refractivity contribution in [3.63, 3.8) is 0 Å². The molecule has 2 saturated carbocycles. The Balaban J connectivity index is 1.92. The highest BCUT2D eigenvalue weighted by molar-refractivity contribution is 4.91. The topological polar surface area (TPSA) is 15.3 Å². The van der Waals surface area contributed by atoms with E-state index in [-0.39, 0.29) is 0 Å². The summed E-state index contributed by atoms with van der Waals surface area (Å²) in [6.45, 7) is 14.6. The maximum atomic E-state index is 3.76. The summed E-state index contributed by atoms with van der Waals surface area (Å²) in [5.74, 6) is 1.87. The summed E-state index contributed by atoms with van der Waals surface area (Å²) < 4.78 is 0. The van der Waals surface area contributed by atoms with E-state index >= 15 is 0 Å². The van der Waals surface area contributed by atoms with Gasteiger partial charge in [-0.1, -0.05) is 27.7 Å². The van der Waals surface area contributed by atoms with Crippen molar-refractivity contribution in [1.82, 2.24) is 10.2 Å². The Bertz CT molecular complexity index is 283. The van der Waals surface area contributed by atoms with Crippen LogP contribution >= 0.6 is 0 Å². The van der Waals surface area contributed by atoms with Crippen LogP contribution in [0.4, 0.5) is 0 Å². The van der Waals surface area contributed by atoms with Crippen molar-refractivity contribution in [3.8, 4) is 0 Å². The molecule has 1 N–H and O–H groups in total. The predicted octanol–water partition coefficient (Wildman–Crippen LogP) is 3.91. The van der Waals surface area contributed by atoms with Crippen molar-refractivity contribution in [3.05, 3.63) is 0 Å². The second-order valence-electron chi connectivity index (χ2n) is 8.03. The van der Waals surface area contributed by atoms with Crippen LogP contribution in [-0.4, -0.2) is 37.1 Å². The lowest BCUT2D eigenvalue weighted by atomic mass is 9.69. The van der Waals surface area contributed by atoms with Crippen molar-refractivity contribution < 1.29 is 0 Å². The fourth-order valence-corrected chi connectivity index (χ4v) is 4.03. The first-order valence-corrected chi connectivity index (χ1v) is 9.00. The summed E-state index contributed by atoms with van der Waals surface area (Å²) in [5, 5.41) is 3.76. The smallest absolute Gasteiger partial charge is 0.0108 e. The van der Waals surface area contributed by atoms with E-state index in [4.69, 9.17) is 0 Å². The molecule has 2 rings (SSSR count). The average Bonchev–Trinajstić information content (AvgIpc) is 3.16. The second kappa shape index (κ2) is 7.26. The summed E-state index contributed by atoms with van der Waals surface area (Å²) >= 11 is 0. The van der Waals surface area contributed by atoms with Crippen LogP contribution in [0, 0.1) is 17.3 Å². The Kier molecular flexibility index (Phi) is 5.92. The van der Waals surface area contributed by atoms with Crippen LogP contribution in [0.3, 0.4) is 0 Å². The minimum Gasteiger partial charge on any atom is -0.314 e. The molecule has 0 spiro atoms. The summed E-state index contributed by atoms with van der Waals surface area (Å²) in [6.07, 6.45) is 8.41. The number of nitrogens with zero attached hydrogens (tertiary/aromatic N) is 1. The second-order valence-corrected chi connectivity index (χ2v) is 8.03. The summed E-state index contributed by atoms with van der Waals surface area (Å²) in [5.41, 5.74) is 0.550. The van der Waals surface area contributed by atoms with E-state index in [9.17, 15) is 0 Å². The molecule has 0 aromatic rings. The van der Waals surface area contributed by atoms with Crippen molar-refractivity contribution in [1.29, 1.82) is 0 Å². The van der Waals surface area contributed by atoms with E-state index in [1.165, 1.54) is 58.2 Å². The standard InChI is InChI=1S/C18H36N2/c1-5-11-20(13-15-7-8-15)14-16-12-18(3,4)10-9-17(16)19-6-2/h15-17,19H,5-14H2,1-4H3. The van der Waals surface area contributed by atoms with E-state index in [2.05, 4.69) is 37.9 Å². The van der Waals surface area contributed by atoms with Gasteiger partial charge < -0.3 is 10.2 Å². The molecule has 2 fully saturated rings. The van der Waals surface area contributed by atoms with E-state index in [1.54, 1.807) is 0 Å². The van der Waals surface area contributed by atoms with E-state index in [0.29, 0.717) is 5.41 Å². The molecule has 20 heavy (non-hydrogen) atoms. The predicted molar refractivity (Wildman–Crippen MR) is 88.0 cm³/mol. The van der Waals surface area contributed by atoms with Crippen molar-refractivity contribution in [2.75, 3.05) is 26.2 Å². The molecule has 0 amide bonds. The van der Waals surface area contributed by atoms with Crippen LogP contribution in [0.2, 0.25) is 0 Å². The van der Waals surface area contributed by atoms with Gasteiger partial charge in [-0.2, -0.15) is 0 Å². The van der Waals surface area contributed by atoms with E-state index in [0.717, 1.165) is 24.4 Å². The lowest BCUT2D eigenvalue weighted by molar-refractivity contribution is 0.0984. The van der Waals surface area contributed by atoms with Crippen LogP contribution in [0.5, 0.6) is 0 Å². The first kappa shape index (κ1) is 16.3. The molecule has 0 saturated heterocycles. The maximum Gasteiger partial charge on any atom is 0.0108 e. The molecule has 0 aromatic heterocycles. The number of hydrogen-bond donors (Lipinski definition) is 1. The number of nitrogens with one attached hydrogen (secondary N) is 1. The van der Waals surface area contributed by atoms with Crippen LogP contribution < -0.4 is 5.32 Å². The SMILES string of the molecule is CCCN(CC1CC1)CC1CC(C)(C)CCC1NCC. The van der Waals surface area contributed by atoms with Crippen LogP contribution in [0.1, 0.15) is 66.2 Å². The number of rotatable bonds is 8. The zero-order valence-corrected chi connectivity index (χ0v) is 14.3. The first-order valence-electron chi connectivity index (χ1n) is 9.00. The van der Waals surface area contributed by atoms with E-state index in [1.807, 2.05) is 0 Å². The molecule has 0 aromatic carbocycles. The third kappa shape index (κ3) is 5.04. The van der Waals surface area contributed by atoms with Crippen molar-refractivity contribution >= 4 is 0 Å². The molecule has 2 aliphatic carbocycles. The Morgan fingerprint density at radius 2 is 1.85 bits per heavy atom. The van der Waals surface area contributed by atoms with Crippen molar-refractivity contribution in [2.24, 2.45) is 17.3 Å². The molecule has 2 aliphatic rings. The summed E-state index contributed by atoms with van der Waals surface area (Å²) in [6, 6.07) is 0.756. The molecular weight excluding hydrogens is 244 g/mol. The molecule has 0 bridgehead atoms. The lowest BCUT2D eigenvalue weighted by Crippen LogP contribution is -2.48. The Hall–Kier alpha value is -0.0800. The van der Waals surface area contributed by atoms with Crippen LogP contribution in [0.25, 0.3) is 0 Å². The quantitative estimate of drug-likeness (QED) is 0.725. The van der Waals surface area contributed by atoms with E-state index < -0.39 is 0 Å². The van der Waals surface area contributed by atoms with Crippen molar-refractivity contribution in [2.45, 2.75) is 72.3 Å². The fraction of sp³-hybridized carbons (Fsp3) is 1.00. The molecule has 0 aliphatic heterocycles. The van der Waals surface area contributed by atoms with Gasteiger partial charge in [-0.05, 0) is 68.9 Å². The largest absolute Gasteiger partial charge is 0.314 e. The lowest BCUT2D eigenvalue weighted by Gasteiger charge is -2.43. The monoisotopic (exact) mass is 280 g/mol. The molecule has 2 atom stereocenters. The van der Waals surface area contributed by atoms with Gasteiger partial charge in [-0.15, -0.1) is 0 Å². The van der Waals surface area contributed by atoms with Gasteiger partial charge >= 0.3 is 0 Å². The first-order chi connectivity index (χ1) is 9.54. The molecule has 0 radical (unpaired) electrons. The Morgan fingerprint density at radius 3 is 2.45 bits per heavy atom. The third-order valence-corrected chi connectivity index (χ3v) is 5.23. The molecule has 2 heteroatoms. The minimum atomic E-state index is 0.550. The highest BCUT2D eigenvalue weighted by atomic mass is 15.1. The molecular formula is C18H36N2. The highest BCUT2D eigenvalue weighted by Gasteiger charge is 2.36. The fourth-order valence-electron chi connectivity index (χ4n) is 4.03. The Morgan fingerprint density at radius 1 is 1.10 bits per heavy atom. The average molecular weight is 280 g/mol. The van der Waals surface area contributed by atoms with Crippen LogP contribution in [-0.2, 0) is 0 Å². The third-order valence-electron chi connectivity index (χ3n) is 5.23.